The van der Waals surface area contributed by atoms with E-state index in [-0.39, 0.29) is 11.4 Å². The molecule has 2 aliphatic heterocycles. The zero-order valence-corrected chi connectivity index (χ0v) is 19.4. The molecule has 0 unspecified atom stereocenters. The lowest BCUT2D eigenvalue weighted by Gasteiger charge is -2.45. The number of carbonyl (C=O) groups excluding carboxylic acids is 1. The fraction of sp³-hybridized carbons (Fsp3) is 0.360. The van der Waals surface area contributed by atoms with Crippen molar-refractivity contribution in [1.29, 1.82) is 0 Å². The lowest BCUT2D eigenvalue weighted by molar-refractivity contribution is -0.115. The summed E-state index contributed by atoms with van der Waals surface area (Å²) in [4.78, 5) is 20.2. The molecule has 4 rings (SSSR count). The van der Waals surface area contributed by atoms with Gasteiger partial charge in [-0.15, -0.1) is 0 Å². The van der Waals surface area contributed by atoms with Crippen molar-refractivity contribution in [2.75, 3.05) is 11.9 Å². The molecule has 2 aromatic rings. The van der Waals surface area contributed by atoms with Crippen molar-refractivity contribution < 1.29 is 4.79 Å². The van der Waals surface area contributed by atoms with Gasteiger partial charge in [-0.1, -0.05) is 30.7 Å². The van der Waals surface area contributed by atoms with Crippen LogP contribution in [0.5, 0.6) is 0 Å². The summed E-state index contributed by atoms with van der Waals surface area (Å²) in [5.41, 5.74) is 7.02. The van der Waals surface area contributed by atoms with E-state index in [0.29, 0.717) is 16.0 Å². The molecular formula is C25H29N3OS. The number of fused-ring (bicyclic) bond motifs is 1. The monoisotopic (exact) mass is 419 g/mol. The summed E-state index contributed by atoms with van der Waals surface area (Å²) in [6.45, 7) is 11.0. The van der Waals surface area contributed by atoms with Gasteiger partial charge in [0.25, 0.3) is 5.91 Å². The van der Waals surface area contributed by atoms with Crippen molar-refractivity contribution in [3.63, 3.8) is 0 Å². The number of amides is 1. The van der Waals surface area contributed by atoms with Gasteiger partial charge in [0.05, 0.1) is 10.6 Å². The van der Waals surface area contributed by atoms with E-state index in [4.69, 9.17) is 0 Å². The van der Waals surface area contributed by atoms with Crippen LogP contribution in [0.15, 0.2) is 46.3 Å². The molecule has 4 nitrogen and oxygen atoms in total. The number of nitrogens with one attached hydrogen (secondary N) is 1. The molecule has 0 spiro atoms. The smallest absolute Gasteiger partial charge is 0.264 e. The van der Waals surface area contributed by atoms with E-state index in [1.807, 2.05) is 25.1 Å². The summed E-state index contributed by atoms with van der Waals surface area (Å²) in [6, 6.07) is 12.6. The van der Waals surface area contributed by atoms with Crippen molar-refractivity contribution in [3.05, 3.63) is 63.6 Å². The third-order valence-electron chi connectivity index (χ3n) is 6.18. The van der Waals surface area contributed by atoms with Crippen LogP contribution in [0, 0.1) is 13.8 Å². The molecule has 1 atom stereocenters. The molecule has 5 heteroatoms. The number of aryl methyl sites for hydroxylation is 2. The molecule has 0 bridgehead atoms. The van der Waals surface area contributed by atoms with Crippen molar-refractivity contribution in [1.82, 2.24) is 5.32 Å². The largest absolute Gasteiger partial charge is 0.369 e. The molecule has 156 valence electrons. The molecule has 30 heavy (non-hydrogen) atoms. The van der Waals surface area contributed by atoms with Crippen LogP contribution in [0.4, 0.5) is 11.4 Å². The molecule has 2 heterocycles. The molecular weight excluding hydrogens is 390 g/mol. The highest BCUT2D eigenvalue weighted by Gasteiger charge is 2.34. The molecule has 0 saturated carbocycles. The highest BCUT2D eigenvalue weighted by molar-refractivity contribution is 8.18. The van der Waals surface area contributed by atoms with Crippen LogP contribution in [0.25, 0.3) is 6.08 Å². The second-order valence-corrected chi connectivity index (χ2v) is 10.1. The predicted molar refractivity (Wildman–Crippen MR) is 129 cm³/mol. The summed E-state index contributed by atoms with van der Waals surface area (Å²) in [5, 5.41) is 3.53. The fourth-order valence-corrected chi connectivity index (χ4v) is 5.19. The third kappa shape index (κ3) is 3.91. The molecule has 1 amide bonds. The van der Waals surface area contributed by atoms with Crippen LogP contribution >= 0.6 is 11.8 Å². The van der Waals surface area contributed by atoms with Crippen LogP contribution in [-0.2, 0) is 4.79 Å². The maximum Gasteiger partial charge on any atom is 0.264 e. The fourth-order valence-electron chi connectivity index (χ4n) is 4.36. The predicted octanol–water partition coefficient (Wildman–Crippen LogP) is 5.92. The second-order valence-electron chi connectivity index (χ2n) is 9.07. The molecule has 2 aliphatic rings. The Morgan fingerprint density at radius 1 is 1.20 bits per heavy atom. The van der Waals surface area contributed by atoms with Crippen LogP contribution in [0.3, 0.4) is 0 Å². The number of amidine groups is 1. The molecule has 0 aliphatic carbocycles. The van der Waals surface area contributed by atoms with E-state index < -0.39 is 0 Å². The number of rotatable bonds is 2. The first-order valence-electron chi connectivity index (χ1n) is 10.4. The molecule has 0 radical (unpaired) electrons. The Hall–Kier alpha value is -2.53. The number of nitrogens with zero attached hydrogens (tertiary/aromatic N) is 2. The van der Waals surface area contributed by atoms with Gasteiger partial charge in [0.2, 0.25) is 0 Å². The van der Waals surface area contributed by atoms with E-state index in [1.165, 1.54) is 28.6 Å². The summed E-state index contributed by atoms with van der Waals surface area (Å²) in [7, 11) is 2.17. The average molecular weight is 420 g/mol. The Morgan fingerprint density at radius 2 is 1.97 bits per heavy atom. The number of thioether (sulfide) groups is 1. The molecule has 1 N–H and O–H groups in total. The van der Waals surface area contributed by atoms with Crippen molar-refractivity contribution >= 4 is 40.3 Å². The van der Waals surface area contributed by atoms with Gasteiger partial charge < -0.3 is 10.2 Å². The molecule has 0 aromatic heterocycles. The Labute approximate surface area is 183 Å². The van der Waals surface area contributed by atoms with E-state index in [2.05, 4.69) is 74.2 Å². The summed E-state index contributed by atoms with van der Waals surface area (Å²) < 4.78 is 0. The highest BCUT2D eigenvalue weighted by Crippen LogP contribution is 2.43. The summed E-state index contributed by atoms with van der Waals surface area (Å²) in [5.74, 6) is 0.392. The zero-order chi connectivity index (χ0) is 21.6. The number of anilines is 1. The lowest BCUT2D eigenvalue weighted by atomic mass is 9.80. The Balaban J connectivity index is 1.61. The van der Waals surface area contributed by atoms with Crippen LogP contribution in [0.1, 0.15) is 55.4 Å². The Kier molecular flexibility index (Phi) is 5.27. The maximum atomic E-state index is 12.5. The van der Waals surface area contributed by atoms with Gasteiger partial charge in [0.15, 0.2) is 5.17 Å². The van der Waals surface area contributed by atoms with E-state index >= 15 is 0 Å². The normalized spacial score (nSPS) is 23.1. The first-order valence-corrected chi connectivity index (χ1v) is 11.2. The van der Waals surface area contributed by atoms with Gasteiger partial charge in [0.1, 0.15) is 0 Å². The maximum absolute atomic E-state index is 12.5. The van der Waals surface area contributed by atoms with Crippen LogP contribution in [0.2, 0.25) is 0 Å². The van der Waals surface area contributed by atoms with E-state index in [9.17, 15) is 4.79 Å². The minimum atomic E-state index is -0.0902. The first kappa shape index (κ1) is 20.7. The minimum Gasteiger partial charge on any atom is -0.369 e. The van der Waals surface area contributed by atoms with Crippen LogP contribution < -0.4 is 10.2 Å². The Bertz CT molecular complexity index is 1080. The first-order chi connectivity index (χ1) is 14.1. The lowest BCUT2D eigenvalue weighted by Crippen LogP contribution is -2.45. The van der Waals surface area contributed by atoms with Crippen molar-refractivity contribution in [2.45, 2.75) is 52.5 Å². The van der Waals surface area contributed by atoms with E-state index in [0.717, 1.165) is 23.2 Å². The third-order valence-corrected chi connectivity index (χ3v) is 7.09. The Morgan fingerprint density at radius 3 is 2.70 bits per heavy atom. The zero-order valence-electron chi connectivity index (χ0n) is 18.5. The number of benzene rings is 2. The second kappa shape index (κ2) is 7.62. The van der Waals surface area contributed by atoms with Gasteiger partial charge in [-0.3, -0.25) is 4.79 Å². The van der Waals surface area contributed by atoms with Crippen molar-refractivity contribution in [2.24, 2.45) is 4.99 Å². The molecule has 1 saturated heterocycles. The summed E-state index contributed by atoms with van der Waals surface area (Å²) >= 11 is 1.40. The highest BCUT2D eigenvalue weighted by atomic mass is 32.2. The standard InChI is InChI=1S/C25H29N3OS/c1-15-7-9-20(16(2)11-15)26-24-27-23(29)22(30-24)13-18-8-10-21-19(12-18)17(3)14-25(4,5)28(21)6/h7-13,17H,14H2,1-6H3,(H,26,27,29)/b22-13-/t17-/m1/s1. The van der Waals surface area contributed by atoms with Crippen LogP contribution in [-0.4, -0.2) is 23.7 Å². The van der Waals surface area contributed by atoms with Crippen molar-refractivity contribution in [3.8, 4) is 0 Å². The average Bonchev–Trinajstić information content (AvgIpc) is 3.01. The van der Waals surface area contributed by atoms with Gasteiger partial charge in [-0.05, 0) is 92.8 Å². The number of hydrogen-bond acceptors (Lipinski definition) is 4. The quantitative estimate of drug-likeness (QED) is 0.615. The topological polar surface area (TPSA) is 44.7 Å². The number of hydrogen-bond donors (Lipinski definition) is 1. The molecule has 2 aromatic carbocycles. The van der Waals surface area contributed by atoms with Gasteiger partial charge in [-0.2, -0.15) is 0 Å². The summed E-state index contributed by atoms with van der Waals surface area (Å²) in [6.07, 6.45) is 3.08. The van der Waals surface area contributed by atoms with Gasteiger partial charge >= 0.3 is 0 Å². The van der Waals surface area contributed by atoms with Gasteiger partial charge in [-0.25, -0.2) is 4.99 Å². The van der Waals surface area contributed by atoms with Gasteiger partial charge in [0, 0.05) is 18.3 Å². The van der Waals surface area contributed by atoms with E-state index in [1.54, 1.807) is 0 Å². The number of aliphatic imine (C=N–C) groups is 1. The number of carbonyl (C=O) groups is 1. The SMILES string of the molecule is Cc1ccc(N=C2NC(=O)/C(=C/c3ccc4c(c3)[C@H](C)CC(C)(C)N4C)S2)c(C)c1. The minimum absolute atomic E-state index is 0.0902. The molecule has 1 fully saturated rings.